The Kier molecular flexibility index (Phi) is 7.18. The van der Waals surface area contributed by atoms with E-state index in [9.17, 15) is 14.0 Å². The third-order valence-corrected chi connectivity index (χ3v) is 4.33. The average Bonchev–Trinajstić information content (AvgIpc) is 2.93. The van der Waals surface area contributed by atoms with Crippen molar-refractivity contribution in [3.63, 3.8) is 0 Å². The van der Waals surface area contributed by atoms with Crippen molar-refractivity contribution in [2.24, 2.45) is 5.92 Å². The molecule has 6 nitrogen and oxygen atoms in total. The molecule has 1 amide bonds. The van der Waals surface area contributed by atoms with E-state index in [1.54, 1.807) is 6.07 Å². The van der Waals surface area contributed by atoms with Crippen molar-refractivity contribution in [2.75, 3.05) is 26.2 Å². The number of ether oxygens (including phenoxy) is 1. The van der Waals surface area contributed by atoms with Gasteiger partial charge in [0.05, 0.1) is 6.42 Å². The molecular weight excluding hydrogens is 327 g/mol. The zero-order valence-electron chi connectivity index (χ0n) is 14.4. The summed E-state index contributed by atoms with van der Waals surface area (Å²) < 4.78 is 18.4. The second-order valence-electron chi connectivity index (χ2n) is 6.37. The lowest BCUT2D eigenvalue weighted by Gasteiger charge is -2.19. The van der Waals surface area contributed by atoms with E-state index in [1.807, 2.05) is 0 Å². The van der Waals surface area contributed by atoms with Gasteiger partial charge in [-0.1, -0.05) is 19.4 Å². The van der Waals surface area contributed by atoms with Crippen molar-refractivity contribution in [1.82, 2.24) is 10.2 Å². The second-order valence-corrected chi connectivity index (χ2v) is 6.37. The first-order valence-electron chi connectivity index (χ1n) is 8.59. The molecule has 1 aromatic carbocycles. The van der Waals surface area contributed by atoms with Gasteiger partial charge in [0.25, 0.3) is 5.91 Å². The second kappa shape index (κ2) is 9.36. The number of hydrogen-bond acceptors (Lipinski definition) is 4. The lowest BCUT2D eigenvalue weighted by atomic mass is 9.98. The minimum absolute atomic E-state index is 0.0163. The Bertz CT molecular complexity index is 596. The van der Waals surface area contributed by atoms with Crippen molar-refractivity contribution in [1.29, 1.82) is 0 Å². The van der Waals surface area contributed by atoms with Crippen LogP contribution in [0.4, 0.5) is 4.39 Å². The summed E-state index contributed by atoms with van der Waals surface area (Å²) in [6.07, 6.45) is 2.07. The number of hydrogen-bond donors (Lipinski definition) is 2. The van der Waals surface area contributed by atoms with Gasteiger partial charge in [-0.2, -0.15) is 0 Å². The molecule has 0 unspecified atom stereocenters. The molecule has 1 heterocycles. The van der Waals surface area contributed by atoms with E-state index in [0.717, 1.165) is 19.4 Å². The van der Waals surface area contributed by atoms with Crippen molar-refractivity contribution < 1.29 is 23.8 Å². The Morgan fingerprint density at radius 1 is 1.40 bits per heavy atom. The normalized spacial score (nSPS) is 20.4. The molecule has 0 saturated carbocycles. The predicted molar refractivity (Wildman–Crippen MR) is 90.9 cm³/mol. The monoisotopic (exact) mass is 352 g/mol. The fourth-order valence-electron chi connectivity index (χ4n) is 3.18. The molecule has 0 bridgehead atoms. The summed E-state index contributed by atoms with van der Waals surface area (Å²) in [6, 6.07) is 5.65. The standard InChI is InChI=1S/C18H25FN2O4/c1-2-4-13-10-21(8-7-18(23)24)11-16(13)20-17(22)12-25-15-6-3-5-14(19)9-15/h3,5-6,9,13,16H,2,4,7-8,10-12H2,1H3,(H,20,22)(H,23,24)/t13-,16-/m0/s1. The van der Waals surface area contributed by atoms with Gasteiger partial charge in [-0.3, -0.25) is 9.59 Å². The molecule has 1 aliphatic heterocycles. The molecule has 2 rings (SSSR count). The first-order chi connectivity index (χ1) is 12.0. The van der Waals surface area contributed by atoms with E-state index in [4.69, 9.17) is 9.84 Å². The Labute approximate surface area is 147 Å². The van der Waals surface area contributed by atoms with Crippen molar-refractivity contribution in [2.45, 2.75) is 32.2 Å². The van der Waals surface area contributed by atoms with Crippen LogP contribution < -0.4 is 10.1 Å². The molecule has 25 heavy (non-hydrogen) atoms. The van der Waals surface area contributed by atoms with Crippen LogP contribution in [0.5, 0.6) is 5.75 Å². The fourth-order valence-corrected chi connectivity index (χ4v) is 3.18. The van der Waals surface area contributed by atoms with E-state index < -0.39 is 11.8 Å². The Hall–Kier alpha value is -2.15. The molecule has 0 aromatic heterocycles. The average molecular weight is 352 g/mol. The van der Waals surface area contributed by atoms with Crippen LogP contribution in [0.1, 0.15) is 26.2 Å². The first kappa shape index (κ1) is 19.2. The van der Waals surface area contributed by atoms with Gasteiger partial charge < -0.3 is 20.1 Å². The van der Waals surface area contributed by atoms with E-state index >= 15 is 0 Å². The van der Waals surface area contributed by atoms with Crippen LogP contribution in [0.25, 0.3) is 0 Å². The van der Waals surface area contributed by atoms with Crippen molar-refractivity contribution in [3.8, 4) is 5.75 Å². The molecule has 0 spiro atoms. The Morgan fingerprint density at radius 2 is 2.20 bits per heavy atom. The summed E-state index contributed by atoms with van der Waals surface area (Å²) in [5.74, 6) is -0.865. The maximum Gasteiger partial charge on any atom is 0.304 e. The predicted octanol–water partition coefficient (Wildman–Crippen LogP) is 1.90. The SMILES string of the molecule is CCC[C@H]1CN(CCC(=O)O)C[C@@H]1NC(=O)COc1cccc(F)c1. The minimum atomic E-state index is -0.817. The third kappa shape index (κ3) is 6.34. The number of amides is 1. The van der Waals surface area contributed by atoms with Crippen molar-refractivity contribution in [3.05, 3.63) is 30.1 Å². The summed E-state index contributed by atoms with van der Waals surface area (Å²) in [4.78, 5) is 24.9. The largest absolute Gasteiger partial charge is 0.484 e. The number of benzene rings is 1. The number of carboxylic acids is 1. The quantitative estimate of drug-likeness (QED) is 0.710. The number of carboxylic acid groups (broad SMARTS) is 1. The number of nitrogens with one attached hydrogen (secondary N) is 1. The number of nitrogens with zero attached hydrogens (tertiary/aromatic N) is 1. The molecule has 1 aliphatic rings. The molecule has 2 atom stereocenters. The smallest absolute Gasteiger partial charge is 0.304 e. The summed E-state index contributed by atoms with van der Waals surface area (Å²) in [6.45, 7) is 3.84. The number of halogens is 1. The molecule has 0 radical (unpaired) electrons. The zero-order chi connectivity index (χ0) is 18.2. The molecule has 0 aliphatic carbocycles. The lowest BCUT2D eigenvalue weighted by molar-refractivity contribution is -0.137. The van der Waals surface area contributed by atoms with Gasteiger partial charge in [0.2, 0.25) is 0 Å². The summed E-state index contributed by atoms with van der Waals surface area (Å²) in [7, 11) is 0. The van der Waals surface area contributed by atoms with Gasteiger partial charge >= 0.3 is 5.97 Å². The van der Waals surface area contributed by atoms with Crippen LogP contribution in [0.15, 0.2) is 24.3 Å². The van der Waals surface area contributed by atoms with E-state index in [0.29, 0.717) is 24.8 Å². The highest BCUT2D eigenvalue weighted by atomic mass is 19.1. The van der Waals surface area contributed by atoms with Gasteiger partial charge in [0, 0.05) is 31.7 Å². The molecular formula is C18H25FN2O4. The highest BCUT2D eigenvalue weighted by Crippen LogP contribution is 2.22. The van der Waals surface area contributed by atoms with Gasteiger partial charge in [0.15, 0.2) is 6.61 Å². The summed E-state index contributed by atoms with van der Waals surface area (Å²) >= 11 is 0. The maximum absolute atomic E-state index is 13.1. The van der Waals surface area contributed by atoms with Crippen LogP contribution in [-0.2, 0) is 9.59 Å². The molecule has 1 saturated heterocycles. The summed E-state index contributed by atoms with van der Waals surface area (Å²) in [5, 5.41) is 11.8. The van der Waals surface area contributed by atoms with Crippen molar-refractivity contribution >= 4 is 11.9 Å². The molecule has 7 heteroatoms. The molecule has 1 aromatic rings. The van der Waals surface area contributed by atoms with Crippen LogP contribution in [-0.4, -0.2) is 54.2 Å². The number of aliphatic carboxylic acids is 1. The van der Waals surface area contributed by atoms with E-state index in [2.05, 4.69) is 17.1 Å². The highest BCUT2D eigenvalue weighted by molar-refractivity contribution is 5.78. The minimum Gasteiger partial charge on any atom is -0.484 e. The van der Waals surface area contributed by atoms with Gasteiger partial charge in [0.1, 0.15) is 11.6 Å². The molecule has 2 N–H and O–H groups in total. The fraction of sp³-hybridized carbons (Fsp3) is 0.556. The zero-order valence-corrected chi connectivity index (χ0v) is 14.4. The van der Waals surface area contributed by atoms with Gasteiger partial charge in [-0.25, -0.2) is 4.39 Å². The Balaban J connectivity index is 1.83. The van der Waals surface area contributed by atoms with Crippen LogP contribution in [0, 0.1) is 11.7 Å². The summed E-state index contributed by atoms with van der Waals surface area (Å²) in [5.41, 5.74) is 0. The number of rotatable bonds is 9. The van der Waals surface area contributed by atoms with Gasteiger partial charge in [-0.15, -0.1) is 0 Å². The van der Waals surface area contributed by atoms with Crippen LogP contribution >= 0.6 is 0 Å². The maximum atomic E-state index is 13.1. The Morgan fingerprint density at radius 3 is 2.88 bits per heavy atom. The van der Waals surface area contributed by atoms with Crippen LogP contribution in [0.2, 0.25) is 0 Å². The molecule has 1 fully saturated rings. The molecule has 138 valence electrons. The first-order valence-corrected chi connectivity index (χ1v) is 8.59. The van der Waals surface area contributed by atoms with E-state index in [-0.39, 0.29) is 25.0 Å². The number of carbonyl (C=O) groups is 2. The number of likely N-dealkylation sites (tertiary alicyclic amines) is 1. The van der Waals surface area contributed by atoms with Crippen LogP contribution in [0.3, 0.4) is 0 Å². The topological polar surface area (TPSA) is 78.9 Å². The van der Waals surface area contributed by atoms with E-state index in [1.165, 1.54) is 18.2 Å². The van der Waals surface area contributed by atoms with Gasteiger partial charge in [-0.05, 0) is 24.5 Å². The lowest BCUT2D eigenvalue weighted by Crippen LogP contribution is -2.42. The highest BCUT2D eigenvalue weighted by Gasteiger charge is 2.33. The third-order valence-electron chi connectivity index (χ3n) is 4.33. The number of carbonyl (C=O) groups excluding carboxylic acids is 1.